The molecule has 1 aromatic rings. The molecule has 3 aliphatic rings. The number of hydrogen-bond acceptors (Lipinski definition) is 19. The number of nitro benzene ring substituents is 1. The molecule has 280 valence electrons. The summed E-state index contributed by atoms with van der Waals surface area (Å²) in [5.41, 5.74) is 5.33. The number of nitrogens with zero attached hydrogens (tertiary/aromatic N) is 1. The van der Waals surface area contributed by atoms with Gasteiger partial charge < -0.3 is 84.9 Å². The maximum atomic E-state index is 11.1. The van der Waals surface area contributed by atoms with E-state index in [0.29, 0.717) is 13.0 Å². The van der Waals surface area contributed by atoms with Crippen LogP contribution in [-0.2, 0) is 28.4 Å². The summed E-state index contributed by atoms with van der Waals surface area (Å²) in [6.45, 7) is -1.32. The van der Waals surface area contributed by atoms with E-state index in [1.165, 1.54) is 24.3 Å². The molecule has 0 aliphatic carbocycles. The minimum Gasteiger partial charge on any atom is -0.491 e. The highest BCUT2D eigenvalue weighted by molar-refractivity contribution is 5.36. The average molecular weight is 711 g/mol. The molecule has 0 spiro atoms. The van der Waals surface area contributed by atoms with Crippen LogP contribution in [0.15, 0.2) is 24.3 Å². The Morgan fingerprint density at radius 2 is 1.20 bits per heavy atom. The van der Waals surface area contributed by atoms with E-state index in [1.807, 2.05) is 0 Å². The number of aliphatic hydroxyl groups is 9. The Bertz CT molecular complexity index is 1150. The fourth-order valence-electron chi connectivity index (χ4n) is 5.63. The van der Waals surface area contributed by atoms with Gasteiger partial charge in [0.25, 0.3) is 5.69 Å². The zero-order chi connectivity index (χ0) is 35.8. The molecule has 4 rings (SSSR count). The SMILES string of the molecule is NCCCCCO[C@@H]1OC(COc2ccc([N+](=O)[O-])cc2)[C@@H](O[C@@H]2OC(CO)[C@H](O[C@H]3OC(CO)[C@H](O)[C@H](O)C3O)[C@H](O)C2O)[C@H](O)C1O. The Labute approximate surface area is 280 Å². The van der Waals surface area contributed by atoms with Crippen LogP contribution in [0, 0.1) is 10.1 Å². The first kappa shape index (κ1) is 39.6. The second-order valence-electron chi connectivity index (χ2n) is 11.9. The smallest absolute Gasteiger partial charge is 0.269 e. The summed E-state index contributed by atoms with van der Waals surface area (Å²) in [5.74, 6) is 0.186. The monoisotopic (exact) mass is 710 g/mol. The van der Waals surface area contributed by atoms with E-state index in [9.17, 15) is 56.1 Å². The number of non-ortho nitro benzene ring substituents is 1. The van der Waals surface area contributed by atoms with Crippen LogP contribution in [0.4, 0.5) is 5.69 Å². The van der Waals surface area contributed by atoms with Gasteiger partial charge in [-0.2, -0.15) is 0 Å². The number of ether oxygens (including phenoxy) is 7. The predicted molar refractivity (Wildman–Crippen MR) is 159 cm³/mol. The van der Waals surface area contributed by atoms with E-state index >= 15 is 0 Å². The zero-order valence-corrected chi connectivity index (χ0v) is 26.4. The molecule has 3 aliphatic heterocycles. The molecule has 0 saturated carbocycles. The van der Waals surface area contributed by atoms with Crippen molar-refractivity contribution in [2.24, 2.45) is 5.73 Å². The minimum atomic E-state index is -1.95. The van der Waals surface area contributed by atoms with Crippen LogP contribution < -0.4 is 10.5 Å². The molecule has 3 heterocycles. The lowest BCUT2D eigenvalue weighted by atomic mass is 9.96. The van der Waals surface area contributed by atoms with Gasteiger partial charge >= 0.3 is 0 Å². The van der Waals surface area contributed by atoms with Crippen molar-refractivity contribution in [2.75, 3.05) is 33.0 Å². The van der Waals surface area contributed by atoms with E-state index in [1.54, 1.807) is 0 Å². The normalized spacial score (nSPS) is 39.8. The summed E-state index contributed by atoms with van der Waals surface area (Å²) in [7, 11) is 0. The minimum absolute atomic E-state index is 0.153. The van der Waals surface area contributed by atoms with E-state index in [-0.39, 0.29) is 24.7 Å². The first-order valence-corrected chi connectivity index (χ1v) is 15.9. The topological polar surface area (TPSA) is 316 Å². The first-order valence-electron chi connectivity index (χ1n) is 15.9. The molecular formula is C29H46N2O18. The average Bonchev–Trinajstić information content (AvgIpc) is 3.10. The van der Waals surface area contributed by atoms with E-state index in [2.05, 4.69) is 0 Å². The maximum Gasteiger partial charge on any atom is 0.269 e. The number of nitrogens with two attached hydrogens (primary N) is 1. The molecule has 3 fully saturated rings. The molecule has 0 radical (unpaired) electrons. The molecule has 1 aromatic carbocycles. The van der Waals surface area contributed by atoms with Gasteiger partial charge in [0.2, 0.25) is 0 Å². The molecule has 0 amide bonds. The third-order valence-corrected chi connectivity index (χ3v) is 8.48. The van der Waals surface area contributed by atoms with E-state index < -0.39 is 110 Å². The Kier molecular flexibility index (Phi) is 14.8. The van der Waals surface area contributed by atoms with Crippen molar-refractivity contribution >= 4 is 5.69 Å². The van der Waals surface area contributed by atoms with Gasteiger partial charge in [0.1, 0.15) is 85.6 Å². The molecular weight excluding hydrogens is 664 g/mol. The molecule has 0 bridgehead atoms. The van der Waals surface area contributed by atoms with Crippen LogP contribution in [0.25, 0.3) is 0 Å². The summed E-state index contributed by atoms with van der Waals surface area (Å²) >= 11 is 0. The standard InChI is InChI=1S/C29H46N2O18/c30-8-2-1-3-9-43-27-23(39)20(36)26(17(47-27)12-44-14-6-4-13(5-7-14)31(41)42)49-29-24(40)21(37)25(16(11-33)46-29)48-28-22(38)19(35)18(34)15(10-32)45-28/h4-7,15-29,32-40H,1-3,8-12,30H2/t15?,16?,17?,18-,19-,20+,21+,22?,23?,24?,25-,26+,27+,28+,29-/m0/s1. The van der Waals surface area contributed by atoms with Gasteiger partial charge in [0, 0.05) is 18.7 Å². The number of nitro groups is 1. The maximum absolute atomic E-state index is 11.1. The van der Waals surface area contributed by atoms with Crippen molar-refractivity contribution in [2.45, 2.75) is 111 Å². The van der Waals surface area contributed by atoms with E-state index in [0.717, 1.165) is 12.8 Å². The van der Waals surface area contributed by atoms with Crippen LogP contribution in [0.3, 0.4) is 0 Å². The van der Waals surface area contributed by atoms with Gasteiger partial charge in [-0.05, 0) is 37.9 Å². The van der Waals surface area contributed by atoms with Gasteiger partial charge in [-0.1, -0.05) is 0 Å². The van der Waals surface area contributed by atoms with Gasteiger partial charge in [-0.25, -0.2) is 0 Å². The lowest BCUT2D eigenvalue weighted by molar-refractivity contribution is -0.384. The molecule has 20 nitrogen and oxygen atoms in total. The number of benzene rings is 1. The Morgan fingerprint density at radius 3 is 1.78 bits per heavy atom. The van der Waals surface area contributed by atoms with Crippen molar-refractivity contribution in [3.05, 3.63) is 34.4 Å². The summed E-state index contributed by atoms with van der Waals surface area (Å²) in [4.78, 5) is 10.4. The largest absolute Gasteiger partial charge is 0.491 e. The zero-order valence-electron chi connectivity index (χ0n) is 26.4. The van der Waals surface area contributed by atoms with E-state index in [4.69, 9.17) is 38.9 Å². The first-order chi connectivity index (χ1) is 23.4. The lowest BCUT2D eigenvalue weighted by Gasteiger charge is -2.48. The number of rotatable bonds is 16. The third kappa shape index (κ3) is 9.56. The van der Waals surface area contributed by atoms with Gasteiger partial charge in [-0.3, -0.25) is 10.1 Å². The van der Waals surface area contributed by atoms with Gasteiger partial charge in [0.15, 0.2) is 18.9 Å². The van der Waals surface area contributed by atoms with Crippen molar-refractivity contribution in [1.29, 1.82) is 0 Å². The van der Waals surface area contributed by atoms with Crippen molar-refractivity contribution in [3.63, 3.8) is 0 Å². The Balaban J connectivity index is 1.48. The van der Waals surface area contributed by atoms with Crippen molar-refractivity contribution in [1.82, 2.24) is 0 Å². The predicted octanol–water partition coefficient (Wildman–Crippen LogP) is -4.42. The Morgan fingerprint density at radius 1 is 0.673 bits per heavy atom. The highest BCUT2D eigenvalue weighted by Crippen LogP contribution is 2.33. The van der Waals surface area contributed by atoms with Crippen molar-refractivity contribution < 1.29 is 84.0 Å². The summed E-state index contributed by atoms with van der Waals surface area (Å²) in [6.07, 6.45) is -22.6. The summed E-state index contributed by atoms with van der Waals surface area (Å²) < 4.78 is 39.7. The van der Waals surface area contributed by atoms with Crippen LogP contribution in [0.5, 0.6) is 5.75 Å². The fourth-order valence-corrected chi connectivity index (χ4v) is 5.63. The van der Waals surface area contributed by atoms with Gasteiger partial charge in [-0.15, -0.1) is 0 Å². The Hall–Kier alpha value is -2.22. The highest BCUT2D eigenvalue weighted by atomic mass is 16.8. The quantitative estimate of drug-likeness (QED) is 0.0439. The van der Waals surface area contributed by atoms with Crippen LogP contribution in [0.1, 0.15) is 19.3 Å². The van der Waals surface area contributed by atoms with Crippen LogP contribution in [0.2, 0.25) is 0 Å². The summed E-state index contributed by atoms with van der Waals surface area (Å²) in [5, 5.41) is 105. The lowest BCUT2D eigenvalue weighted by Crippen LogP contribution is -2.66. The second-order valence-corrected chi connectivity index (χ2v) is 11.9. The molecule has 3 saturated heterocycles. The van der Waals surface area contributed by atoms with Crippen LogP contribution in [-0.4, -0.2) is 176 Å². The molecule has 15 atom stereocenters. The fraction of sp³-hybridized carbons (Fsp3) is 0.793. The second kappa shape index (κ2) is 18.3. The molecule has 20 heteroatoms. The molecule has 6 unspecified atom stereocenters. The number of aliphatic hydroxyl groups excluding tert-OH is 9. The number of hydrogen-bond donors (Lipinski definition) is 10. The highest BCUT2D eigenvalue weighted by Gasteiger charge is 2.53. The molecule has 49 heavy (non-hydrogen) atoms. The molecule has 11 N–H and O–H groups in total. The third-order valence-electron chi connectivity index (χ3n) is 8.48. The van der Waals surface area contributed by atoms with Gasteiger partial charge in [0.05, 0.1) is 18.1 Å². The van der Waals surface area contributed by atoms with Crippen molar-refractivity contribution in [3.8, 4) is 5.75 Å². The van der Waals surface area contributed by atoms with Crippen LogP contribution >= 0.6 is 0 Å². The molecule has 0 aromatic heterocycles. The summed E-state index contributed by atoms with van der Waals surface area (Å²) in [6, 6.07) is 5.09. The number of unbranched alkanes of at least 4 members (excludes halogenated alkanes) is 2.